The monoisotopic (exact) mass is 482 g/mol. The number of nitriles is 1. The largest absolute Gasteiger partial charge is 0.497 e. The Balaban J connectivity index is 1.46. The van der Waals surface area contributed by atoms with Gasteiger partial charge in [-0.05, 0) is 74.6 Å². The molecule has 182 valence electrons. The van der Waals surface area contributed by atoms with Gasteiger partial charge in [-0.2, -0.15) is 10.4 Å². The number of ether oxygens (including phenoxy) is 2. The Morgan fingerprint density at radius 1 is 1.06 bits per heavy atom. The molecular weight excluding hydrogens is 456 g/mol. The van der Waals surface area contributed by atoms with Gasteiger partial charge in [-0.25, -0.2) is 9.48 Å². The number of benzene rings is 2. The number of amides is 1. The van der Waals surface area contributed by atoms with Crippen molar-refractivity contribution in [2.75, 3.05) is 25.2 Å². The number of anilines is 1. The lowest BCUT2D eigenvalue weighted by atomic mass is 9.88. The molecule has 0 N–H and O–H groups in total. The number of methoxy groups -OCH3 is 1. The SMILES string of the molecule is CCOC(=O)c1nn(-c2ccc(OC)cc2)c2c1C1(CC1)CN(c1ccc(C3(C#N)CC3)cc1)C2=O. The van der Waals surface area contributed by atoms with Crippen molar-refractivity contribution in [2.45, 2.75) is 43.4 Å². The molecule has 8 heteroatoms. The summed E-state index contributed by atoms with van der Waals surface area (Å²) in [6.45, 7) is 2.46. The summed E-state index contributed by atoms with van der Waals surface area (Å²) in [5.74, 6) is -0.0393. The van der Waals surface area contributed by atoms with E-state index in [9.17, 15) is 14.9 Å². The van der Waals surface area contributed by atoms with Gasteiger partial charge < -0.3 is 14.4 Å². The molecule has 1 aliphatic heterocycles. The summed E-state index contributed by atoms with van der Waals surface area (Å²) in [6, 6.07) is 17.4. The summed E-state index contributed by atoms with van der Waals surface area (Å²) < 4.78 is 12.2. The number of esters is 1. The Bertz CT molecular complexity index is 1410. The zero-order valence-corrected chi connectivity index (χ0v) is 20.3. The van der Waals surface area contributed by atoms with Crippen LogP contribution in [0.15, 0.2) is 48.5 Å². The number of nitrogens with zero attached hydrogens (tertiary/aromatic N) is 4. The first-order valence-corrected chi connectivity index (χ1v) is 12.2. The molecule has 0 atom stereocenters. The smallest absolute Gasteiger partial charge is 0.359 e. The van der Waals surface area contributed by atoms with Gasteiger partial charge in [0.05, 0.1) is 30.9 Å². The molecule has 0 bridgehead atoms. The van der Waals surface area contributed by atoms with E-state index in [0.29, 0.717) is 29.2 Å². The minimum absolute atomic E-state index is 0.212. The van der Waals surface area contributed by atoms with Crippen LogP contribution in [0.3, 0.4) is 0 Å². The van der Waals surface area contributed by atoms with Crippen LogP contribution in [0.1, 0.15) is 64.7 Å². The van der Waals surface area contributed by atoms with Gasteiger partial charge in [0, 0.05) is 23.2 Å². The quantitative estimate of drug-likeness (QED) is 0.486. The first kappa shape index (κ1) is 22.4. The van der Waals surface area contributed by atoms with Gasteiger partial charge in [-0.1, -0.05) is 12.1 Å². The van der Waals surface area contributed by atoms with E-state index in [2.05, 4.69) is 11.2 Å². The molecule has 3 aromatic rings. The van der Waals surface area contributed by atoms with E-state index in [4.69, 9.17) is 9.47 Å². The third-order valence-electron chi connectivity index (χ3n) is 7.66. The molecule has 0 saturated heterocycles. The standard InChI is InChI=1S/C28H26N4O4/c1-3-36-26(34)23-22-24(32(30-23)20-8-10-21(35-2)11-9-20)25(33)31(17-28(22)14-15-28)19-6-4-18(5-7-19)27(16-29)12-13-27/h4-11H,3,12-15,17H2,1-2H3. The summed E-state index contributed by atoms with van der Waals surface area (Å²) in [5.41, 5.74) is 3.02. The van der Waals surface area contributed by atoms with Crippen molar-refractivity contribution in [3.8, 4) is 17.5 Å². The maximum absolute atomic E-state index is 14.0. The van der Waals surface area contributed by atoms with Crippen molar-refractivity contribution in [3.05, 3.63) is 71.0 Å². The second-order valence-electron chi connectivity index (χ2n) is 9.81. The highest BCUT2D eigenvalue weighted by Crippen LogP contribution is 2.55. The Labute approximate surface area is 209 Å². The first-order chi connectivity index (χ1) is 17.4. The van der Waals surface area contributed by atoms with Crippen molar-refractivity contribution >= 4 is 17.6 Å². The van der Waals surface area contributed by atoms with Crippen LogP contribution < -0.4 is 9.64 Å². The number of fused-ring (bicyclic) bond motifs is 2. The highest BCUT2D eigenvalue weighted by Gasteiger charge is 2.56. The number of hydrogen-bond acceptors (Lipinski definition) is 6. The van der Waals surface area contributed by atoms with E-state index < -0.39 is 5.97 Å². The lowest BCUT2D eigenvalue weighted by molar-refractivity contribution is 0.0516. The fraction of sp³-hybridized carbons (Fsp3) is 0.357. The van der Waals surface area contributed by atoms with E-state index in [-0.39, 0.29) is 29.0 Å². The zero-order chi connectivity index (χ0) is 25.1. The maximum atomic E-state index is 14.0. The average molecular weight is 483 g/mol. The number of carbonyl (C=O) groups excluding carboxylic acids is 2. The van der Waals surface area contributed by atoms with Crippen molar-refractivity contribution in [1.29, 1.82) is 5.26 Å². The number of rotatable bonds is 6. The molecule has 36 heavy (non-hydrogen) atoms. The second kappa shape index (κ2) is 7.95. The predicted octanol–water partition coefficient (Wildman–Crippen LogP) is 4.30. The molecule has 2 saturated carbocycles. The van der Waals surface area contributed by atoms with Crippen LogP contribution in [0.4, 0.5) is 5.69 Å². The Morgan fingerprint density at radius 2 is 1.72 bits per heavy atom. The molecule has 2 heterocycles. The molecule has 1 amide bonds. The molecule has 2 fully saturated rings. The van der Waals surface area contributed by atoms with Crippen molar-refractivity contribution < 1.29 is 19.1 Å². The Morgan fingerprint density at radius 3 is 2.28 bits per heavy atom. The van der Waals surface area contributed by atoms with E-state index in [0.717, 1.165) is 36.9 Å². The number of carbonyl (C=O) groups is 2. The van der Waals surface area contributed by atoms with E-state index in [1.807, 2.05) is 36.4 Å². The van der Waals surface area contributed by atoms with Gasteiger partial charge >= 0.3 is 5.97 Å². The lowest BCUT2D eigenvalue weighted by Crippen LogP contribution is -2.44. The summed E-state index contributed by atoms with van der Waals surface area (Å²) in [6.07, 6.45) is 3.46. The summed E-state index contributed by atoms with van der Waals surface area (Å²) in [7, 11) is 1.59. The number of hydrogen-bond donors (Lipinski definition) is 0. The minimum atomic E-state index is -0.510. The van der Waals surface area contributed by atoms with Crippen LogP contribution in [0.2, 0.25) is 0 Å². The second-order valence-corrected chi connectivity index (χ2v) is 9.81. The molecule has 2 aromatic carbocycles. The maximum Gasteiger partial charge on any atom is 0.359 e. The molecule has 0 radical (unpaired) electrons. The van der Waals surface area contributed by atoms with E-state index >= 15 is 0 Å². The van der Waals surface area contributed by atoms with Gasteiger partial charge in [-0.3, -0.25) is 4.79 Å². The Kier molecular flexibility index (Phi) is 4.94. The van der Waals surface area contributed by atoms with Crippen LogP contribution in [0, 0.1) is 11.3 Å². The van der Waals surface area contributed by atoms with Gasteiger partial charge in [0.25, 0.3) is 5.91 Å². The third-order valence-corrected chi connectivity index (χ3v) is 7.66. The van der Waals surface area contributed by atoms with Gasteiger partial charge in [0.1, 0.15) is 11.4 Å². The summed E-state index contributed by atoms with van der Waals surface area (Å²) >= 11 is 0. The highest BCUT2D eigenvalue weighted by molar-refractivity contribution is 6.10. The Hall–Kier alpha value is -4.12. The van der Waals surface area contributed by atoms with Crippen LogP contribution in [-0.4, -0.2) is 41.9 Å². The summed E-state index contributed by atoms with van der Waals surface area (Å²) in [5, 5.41) is 14.2. The van der Waals surface area contributed by atoms with Crippen molar-refractivity contribution in [3.63, 3.8) is 0 Å². The molecule has 8 nitrogen and oxygen atoms in total. The fourth-order valence-corrected chi connectivity index (χ4v) is 5.27. The normalized spacial score (nSPS) is 18.4. The van der Waals surface area contributed by atoms with Crippen LogP contribution >= 0.6 is 0 Å². The average Bonchev–Trinajstić information content (AvgIpc) is 3.83. The van der Waals surface area contributed by atoms with Crippen LogP contribution in [0.5, 0.6) is 5.75 Å². The minimum Gasteiger partial charge on any atom is -0.497 e. The summed E-state index contributed by atoms with van der Waals surface area (Å²) in [4.78, 5) is 28.7. The van der Waals surface area contributed by atoms with Crippen LogP contribution in [-0.2, 0) is 15.6 Å². The van der Waals surface area contributed by atoms with Gasteiger partial charge in [0.2, 0.25) is 0 Å². The van der Waals surface area contributed by atoms with E-state index in [1.54, 1.807) is 35.7 Å². The molecule has 0 unspecified atom stereocenters. The topological polar surface area (TPSA) is 97.4 Å². The number of aromatic nitrogens is 2. The van der Waals surface area contributed by atoms with Crippen molar-refractivity contribution in [2.24, 2.45) is 0 Å². The van der Waals surface area contributed by atoms with Gasteiger partial charge in [-0.15, -0.1) is 0 Å². The van der Waals surface area contributed by atoms with E-state index in [1.165, 1.54) is 0 Å². The molecule has 3 aliphatic rings. The molecule has 6 rings (SSSR count). The lowest BCUT2D eigenvalue weighted by Gasteiger charge is -2.33. The van der Waals surface area contributed by atoms with Crippen LogP contribution in [0.25, 0.3) is 5.69 Å². The zero-order valence-electron chi connectivity index (χ0n) is 20.3. The molecule has 2 aliphatic carbocycles. The molecule has 1 aromatic heterocycles. The van der Waals surface area contributed by atoms with Crippen molar-refractivity contribution in [1.82, 2.24) is 9.78 Å². The molecule has 1 spiro atoms. The molecular formula is C28H26N4O4. The highest BCUT2D eigenvalue weighted by atomic mass is 16.5. The first-order valence-electron chi connectivity index (χ1n) is 12.2. The predicted molar refractivity (Wildman–Crippen MR) is 132 cm³/mol. The van der Waals surface area contributed by atoms with Gasteiger partial charge in [0.15, 0.2) is 5.69 Å². The third kappa shape index (κ3) is 3.30. The fourth-order valence-electron chi connectivity index (χ4n) is 5.27.